The molecule has 0 amide bonds. The van der Waals surface area contributed by atoms with E-state index in [-0.39, 0.29) is 0 Å². The molecular formula is C13H12Cl2N2S. The lowest BCUT2D eigenvalue weighted by Gasteiger charge is -2.07. The van der Waals surface area contributed by atoms with Crippen LogP contribution in [0.15, 0.2) is 35.5 Å². The monoisotopic (exact) mass is 298 g/mol. The maximum Gasteiger partial charge on any atom is 0.0644 e. The number of hydrogen-bond donors (Lipinski definition) is 1. The van der Waals surface area contributed by atoms with E-state index in [1.165, 1.54) is 0 Å². The molecule has 2 nitrogen and oxygen atoms in total. The first-order chi connectivity index (χ1) is 8.56. The van der Waals surface area contributed by atoms with Crippen LogP contribution in [0.3, 0.4) is 0 Å². The van der Waals surface area contributed by atoms with Crippen LogP contribution < -0.4 is 5.73 Å². The Morgan fingerprint density at radius 2 is 1.83 bits per heavy atom. The van der Waals surface area contributed by atoms with Gasteiger partial charge in [0.1, 0.15) is 0 Å². The zero-order valence-electron chi connectivity index (χ0n) is 9.78. The molecule has 1 aromatic carbocycles. The van der Waals surface area contributed by atoms with Gasteiger partial charge in [0.2, 0.25) is 0 Å². The molecule has 18 heavy (non-hydrogen) atoms. The SMILES string of the molecule is Cc1cc(N)cc(SCc2c(Cl)cncc2Cl)c1. The van der Waals surface area contributed by atoms with Gasteiger partial charge in [-0.2, -0.15) is 0 Å². The lowest BCUT2D eigenvalue weighted by Crippen LogP contribution is -1.89. The van der Waals surface area contributed by atoms with E-state index >= 15 is 0 Å². The summed E-state index contributed by atoms with van der Waals surface area (Å²) in [7, 11) is 0. The summed E-state index contributed by atoms with van der Waals surface area (Å²) in [4.78, 5) is 5.04. The fourth-order valence-corrected chi connectivity index (χ4v) is 3.36. The molecule has 0 saturated carbocycles. The second-order valence-electron chi connectivity index (χ2n) is 3.95. The number of pyridine rings is 1. The van der Waals surface area contributed by atoms with E-state index in [2.05, 4.69) is 11.1 Å². The van der Waals surface area contributed by atoms with Crippen molar-refractivity contribution in [1.29, 1.82) is 0 Å². The van der Waals surface area contributed by atoms with Gasteiger partial charge >= 0.3 is 0 Å². The molecule has 2 N–H and O–H groups in total. The van der Waals surface area contributed by atoms with Gasteiger partial charge in [0.25, 0.3) is 0 Å². The highest BCUT2D eigenvalue weighted by Gasteiger charge is 2.07. The first-order valence-electron chi connectivity index (χ1n) is 5.34. The van der Waals surface area contributed by atoms with Gasteiger partial charge in [-0.25, -0.2) is 0 Å². The fraction of sp³-hybridized carbons (Fsp3) is 0.154. The van der Waals surface area contributed by atoms with Gasteiger partial charge in [0.15, 0.2) is 0 Å². The Balaban J connectivity index is 2.16. The molecule has 2 aromatic rings. The topological polar surface area (TPSA) is 38.9 Å². The zero-order valence-corrected chi connectivity index (χ0v) is 12.1. The molecule has 1 heterocycles. The highest BCUT2D eigenvalue weighted by Crippen LogP contribution is 2.31. The van der Waals surface area contributed by atoms with Crippen molar-refractivity contribution < 1.29 is 0 Å². The van der Waals surface area contributed by atoms with Gasteiger partial charge in [0, 0.05) is 34.3 Å². The molecule has 0 unspecified atom stereocenters. The third-order valence-electron chi connectivity index (χ3n) is 2.41. The van der Waals surface area contributed by atoms with E-state index < -0.39 is 0 Å². The summed E-state index contributed by atoms with van der Waals surface area (Å²) in [6, 6.07) is 5.97. The van der Waals surface area contributed by atoms with Crippen molar-refractivity contribution in [3.05, 3.63) is 51.8 Å². The molecule has 0 aliphatic heterocycles. The number of rotatable bonds is 3. The van der Waals surface area contributed by atoms with Crippen LogP contribution in [0.4, 0.5) is 5.69 Å². The molecule has 0 atom stereocenters. The van der Waals surface area contributed by atoms with Gasteiger partial charge in [-0.3, -0.25) is 4.98 Å². The summed E-state index contributed by atoms with van der Waals surface area (Å²) >= 11 is 13.8. The highest BCUT2D eigenvalue weighted by atomic mass is 35.5. The van der Waals surface area contributed by atoms with Crippen molar-refractivity contribution in [2.24, 2.45) is 0 Å². The van der Waals surface area contributed by atoms with Crippen LogP contribution in [0.5, 0.6) is 0 Å². The van der Waals surface area contributed by atoms with Crippen molar-refractivity contribution in [3.8, 4) is 0 Å². The maximum atomic E-state index is 6.07. The Morgan fingerprint density at radius 1 is 1.17 bits per heavy atom. The van der Waals surface area contributed by atoms with E-state index in [4.69, 9.17) is 28.9 Å². The number of aryl methyl sites for hydroxylation is 1. The van der Waals surface area contributed by atoms with Crippen LogP contribution in [0.2, 0.25) is 10.0 Å². The summed E-state index contributed by atoms with van der Waals surface area (Å²) in [5, 5.41) is 1.19. The molecular weight excluding hydrogens is 287 g/mol. The van der Waals surface area contributed by atoms with Crippen LogP contribution in [-0.2, 0) is 5.75 Å². The molecule has 5 heteroatoms. The first-order valence-corrected chi connectivity index (χ1v) is 7.08. The van der Waals surface area contributed by atoms with Gasteiger partial charge in [0.05, 0.1) is 10.0 Å². The van der Waals surface area contributed by atoms with E-state index in [1.807, 2.05) is 19.1 Å². The number of thioether (sulfide) groups is 1. The number of nitrogen functional groups attached to an aromatic ring is 1. The van der Waals surface area contributed by atoms with E-state index in [0.717, 1.165) is 21.7 Å². The predicted molar refractivity (Wildman–Crippen MR) is 79.4 cm³/mol. The van der Waals surface area contributed by atoms with Crippen molar-refractivity contribution >= 4 is 40.7 Å². The molecule has 2 rings (SSSR count). The predicted octanol–water partition coefficient (Wildman–Crippen LogP) is 4.57. The molecule has 1 aromatic heterocycles. The number of aromatic nitrogens is 1. The van der Waals surface area contributed by atoms with Crippen LogP contribution in [-0.4, -0.2) is 4.98 Å². The quantitative estimate of drug-likeness (QED) is 0.666. The lowest BCUT2D eigenvalue weighted by molar-refractivity contribution is 1.27. The van der Waals surface area contributed by atoms with Crippen molar-refractivity contribution in [1.82, 2.24) is 4.98 Å². The van der Waals surface area contributed by atoms with E-state index in [1.54, 1.807) is 24.2 Å². The average Bonchev–Trinajstić information content (AvgIpc) is 2.27. The summed E-state index contributed by atoms with van der Waals surface area (Å²) in [5.41, 5.74) is 8.63. The van der Waals surface area contributed by atoms with Gasteiger partial charge < -0.3 is 5.73 Å². The fourth-order valence-electron chi connectivity index (χ4n) is 1.59. The third-order valence-corrected chi connectivity index (χ3v) is 4.06. The summed E-state index contributed by atoms with van der Waals surface area (Å²) in [6.45, 7) is 2.02. The van der Waals surface area contributed by atoms with Crippen molar-refractivity contribution in [2.75, 3.05) is 5.73 Å². The number of nitrogens with two attached hydrogens (primary N) is 1. The molecule has 0 fully saturated rings. The van der Waals surface area contributed by atoms with E-state index in [9.17, 15) is 0 Å². The van der Waals surface area contributed by atoms with E-state index in [0.29, 0.717) is 15.8 Å². The minimum absolute atomic E-state index is 0.593. The summed E-state index contributed by atoms with van der Waals surface area (Å²) in [6.07, 6.45) is 3.21. The molecule has 0 aliphatic rings. The first kappa shape index (κ1) is 13.5. The molecule has 0 radical (unpaired) electrons. The Labute approximate surface area is 121 Å². The highest BCUT2D eigenvalue weighted by molar-refractivity contribution is 7.98. The second kappa shape index (κ2) is 5.83. The number of nitrogens with zero attached hydrogens (tertiary/aromatic N) is 1. The van der Waals surface area contributed by atoms with Crippen molar-refractivity contribution in [2.45, 2.75) is 17.6 Å². The molecule has 0 aliphatic carbocycles. The number of anilines is 1. The Morgan fingerprint density at radius 3 is 2.44 bits per heavy atom. The average molecular weight is 299 g/mol. The summed E-state index contributed by atoms with van der Waals surface area (Å²) in [5.74, 6) is 0.698. The molecule has 94 valence electrons. The third kappa shape index (κ3) is 3.31. The molecule has 0 spiro atoms. The Hall–Kier alpha value is -0.900. The standard InChI is InChI=1S/C13H12Cl2N2S/c1-8-2-9(16)4-10(3-8)18-7-11-12(14)5-17-6-13(11)15/h2-6H,7,16H2,1H3. The minimum Gasteiger partial charge on any atom is -0.399 e. The second-order valence-corrected chi connectivity index (χ2v) is 5.81. The number of hydrogen-bond acceptors (Lipinski definition) is 3. The Kier molecular flexibility index (Phi) is 4.38. The molecule has 0 bridgehead atoms. The minimum atomic E-state index is 0.593. The number of halogens is 2. The van der Waals surface area contributed by atoms with Gasteiger partial charge in [-0.1, -0.05) is 23.2 Å². The normalized spacial score (nSPS) is 10.6. The van der Waals surface area contributed by atoms with Crippen LogP contribution in [0.1, 0.15) is 11.1 Å². The Bertz CT molecular complexity index is 532. The van der Waals surface area contributed by atoms with Crippen LogP contribution >= 0.6 is 35.0 Å². The van der Waals surface area contributed by atoms with Crippen molar-refractivity contribution in [3.63, 3.8) is 0 Å². The van der Waals surface area contributed by atoms with Gasteiger partial charge in [-0.05, 0) is 30.7 Å². The maximum absolute atomic E-state index is 6.07. The van der Waals surface area contributed by atoms with Gasteiger partial charge in [-0.15, -0.1) is 11.8 Å². The largest absolute Gasteiger partial charge is 0.399 e. The molecule has 0 saturated heterocycles. The smallest absolute Gasteiger partial charge is 0.0644 e. The van der Waals surface area contributed by atoms with Crippen LogP contribution in [0.25, 0.3) is 0 Å². The summed E-state index contributed by atoms with van der Waals surface area (Å²) < 4.78 is 0. The number of benzene rings is 1. The lowest BCUT2D eigenvalue weighted by atomic mass is 10.2. The van der Waals surface area contributed by atoms with Crippen LogP contribution in [0, 0.1) is 6.92 Å². The zero-order chi connectivity index (χ0) is 13.1.